The van der Waals surface area contributed by atoms with Crippen LogP contribution in [0.2, 0.25) is 0 Å². The smallest absolute Gasteiger partial charge is 0.310 e. The molecule has 1 aliphatic heterocycles. The zero-order valence-corrected chi connectivity index (χ0v) is 14.8. The fourth-order valence-electron chi connectivity index (χ4n) is 4.96. The lowest BCUT2D eigenvalue weighted by Gasteiger charge is -2.23. The first-order chi connectivity index (χ1) is 13.2. The van der Waals surface area contributed by atoms with Gasteiger partial charge in [-0.2, -0.15) is 0 Å². The minimum absolute atomic E-state index is 0.0533. The van der Waals surface area contributed by atoms with Crippen LogP contribution in [0.5, 0.6) is 5.75 Å². The number of ether oxygens (including phenoxy) is 2. The summed E-state index contributed by atoms with van der Waals surface area (Å²) in [7, 11) is 0. The Balaban J connectivity index is 1.21. The van der Waals surface area contributed by atoms with Gasteiger partial charge in [0, 0.05) is 11.6 Å². The van der Waals surface area contributed by atoms with Gasteiger partial charge in [-0.15, -0.1) is 0 Å². The molecule has 1 amide bonds. The molecule has 0 radical (unpaired) electrons. The standard InChI is InChI=1S/C22H21NO4/c24-21(19-14-10-17-18(11-14)27-22(25)20(17)19)23-15-6-8-16(9-7-15)26-12-13-4-2-1-3-5-13/h1-9,14,17-20H,10-12H2,(H,23,24)/t14-,17-,18+,19+,20-/m0/s1. The number of esters is 1. The molecule has 3 aliphatic rings. The predicted octanol–water partition coefficient (Wildman–Crippen LogP) is 3.40. The van der Waals surface area contributed by atoms with Crippen molar-refractivity contribution in [2.45, 2.75) is 25.6 Å². The van der Waals surface area contributed by atoms with Crippen LogP contribution in [0.15, 0.2) is 54.6 Å². The van der Waals surface area contributed by atoms with Gasteiger partial charge in [-0.1, -0.05) is 30.3 Å². The molecule has 2 saturated carbocycles. The summed E-state index contributed by atoms with van der Waals surface area (Å²) >= 11 is 0. The molecule has 5 atom stereocenters. The van der Waals surface area contributed by atoms with E-state index in [-0.39, 0.29) is 41.7 Å². The summed E-state index contributed by atoms with van der Waals surface area (Å²) in [6, 6.07) is 17.3. The number of anilines is 1. The van der Waals surface area contributed by atoms with Gasteiger partial charge >= 0.3 is 5.97 Å². The molecule has 3 fully saturated rings. The Hall–Kier alpha value is -2.82. The van der Waals surface area contributed by atoms with Gasteiger partial charge in [-0.3, -0.25) is 9.59 Å². The van der Waals surface area contributed by atoms with Crippen molar-refractivity contribution in [3.8, 4) is 5.75 Å². The van der Waals surface area contributed by atoms with Crippen LogP contribution in [-0.2, 0) is 20.9 Å². The minimum Gasteiger partial charge on any atom is -0.489 e. The van der Waals surface area contributed by atoms with Gasteiger partial charge in [-0.05, 0) is 48.6 Å². The van der Waals surface area contributed by atoms with Crippen LogP contribution in [0.4, 0.5) is 5.69 Å². The molecule has 2 aromatic carbocycles. The third-order valence-corrected chi connectivity index (χ3v) is 6.16. The number of fused-ring (bicyclic) bond motifs is 1. The maximum Gasteiger partial charge on any atom is 0.310 e. The van der Waals surface area contributed by atoms with Gasteiger partial charge in [0.2, 0.25) is 5.91 Å². The zero-order chi connectivity index (χ0) is 18.4. The van der Waals surface area contributed by atoms with Gasteiger partial charge in [-0.25, -0.2) is 0 Å². The minimum atomic E-state index is -0.254. The number of nitrogens with one attached hydrogen (secondary N) is 1. The molecule has 138 valence electrons. The van der Waals surface area contributed by atoms with Crippen LogP contribution in [0.1, 0.15) is 18.4 Å². The maximum atomic E-state index is 12.8. The fourth-order valence-corrected chi connectivity index (χ4v) is 4.96. The maximum absolute atomic E-state index is 12.8. The average molecular weight is 363 g/mol. The highest BCUT2D eigenvalue weighted by Gasteiger charge is 2.63. The Labute approximate surface area is 157 Å². The third-order valence-electron chi connectivity index (χ3n) is 6.16. The van der Waals surface area contributed by atoms with Gasteiger partial charge in [0.15, 0.2) is 0 Å². The lowest BCUT2D eigenvalue weighted by molar-refractivity contribution is -0.145. The summed E-state index contributed by atoms with van der Waals surface area (Å²) in [5.41, 5.74) is 1.82. The molecule has 0 spiro atoms. The first-order valence-electron chi connectivity index (χ1n) is 9.47. The second-order valence-corrected chi connectivity index (χ2v) is 7.71. The Kier molecular flexibility index (Phi) is 3.88. The molecule has 5 rings (SSSR count). The number of carbonyl (C=O) groups is 2. The first-order valence-corrected chi connectivity index (χ1v) is 9.47. The normalized spacial score (nSPS) is 30.2. The van der Waals surface area contributed by atoms with Gasteiger partial charge in [0.05, 0.1) is 11.8 Å². The van der Waals surface area contributed by atoms with Gasteiger partial charge < -0.3 is 14.8 Å². The number of benzene rings is 2. The second kappa shape index (κ2) is 6.41. The molecule has 5 heteroatoms. The topological polar surface area (TPSA) is 64.6 Å². The summed E-state index contributed by atoms with van der Waals surface area (Å²) in [4.78, 5) is 24.9. The Morgan fingerprint density at radius 1 is 1.07 bits per heavy atom. The highest BCUT2D eigenvalue weighted by Crippen LogP contribution is 2.57. The molecule has 0 aromatic heterocycles. The Morgan fingerprint density at radius 2 is 1.85 bits per heavy atom. The third kappa shape index (κ3) is 2.87. The van der Waals surface area contributed by atoms with E-state index >= 15 is 0 Å². The van der Waals surface area contributed by atoms with E-state index in [2.05, 4.69) is 5.32 Å². The summed E-state index contributed by atoms with van der Waals surface area (Å²) in [5, 5.41) is 2.97. The molecular weight excluding hydrogens is 342 g/mol. The monoisotopic (exact) mass is 363 g/mol. The van der Waals surface area contributed by atoms with Crippen LogP contribution < -0.4 is 10.1 Å². The van der Waals surface area contributed by atoms with Crippen molar-refractivity contribution in [1.29, 1.82) is 0 Å². The van der Waals surface area contributed by atoms with E-state index in [1.54, 1.807) is 0 Å². The Bertz CT molecular complexity index is 862. The highest BCUT2D eigenvalue weighted by atomic mass is 16.6. The van der Waals surface area contributed by atoms with Crippen LogP contribution in [-0.4, -0.2) is 18.0 Å². The van der Waals surface area contributed by atoms with Crippen molar-refractivity contribution >= 4 is 17.6 Å². The van der Waals surface area contributed by atoms with Crippen molar-refractivity contribution in [2.75, 3.05) is 5.32 Å². The van der Waals surface area contributed by atoms with E-state index in [1.807, 2.05) is 54.6 Å². The molecule has 0 unspecified atom stereocenters. The molecule has 1 heterocycles. The van der Waals surface area contributed by atoms with E-state index in [9.17, 15) is 9.59 Å². The molecule has 27 heavy (non-hydrogen) atoms. The fraction of sp³-hybridized carbons (Fsp3) is 0.364. The first kappa shape index (κ1) is 16.4. The SMILES string of the molecule is O=C(Nc1ccc(OCc2ccccc2)cc1)[C@@H]1[C@H]2C[C@@H]3[C@@H]1C(=O)O[C@@H]3C2. The largest absolute Gasteiger partial charge is 0.489 e. The number of amides is 1. The van der Waals surface area contributed by atoms with Crippen LogP contribution in [0, 0.1) is 23.7 Å². The molecule has 2 aliphatic carbocycles. The summed E-state index contributed by atoms with van der Waals surface area (Å²) in [6.45, 7) is 0.503. The van der Waals surface area contributed by atoms with Crippen LogP contribution >= 0.6 is 0 Å². The van der Waals surface area contributed by atoms with E-state index in [0.717, 1.165) is 29.8 Å². The van der Waals surface area contributed by atoms with Crippen molar-refractivity contribution in [1.82, 2.24) is 0 Å². The number of hydrogen-bond acceptors (Lipinski definition) is 4. The lowest BCUT2D eigenvalue weighted by atomic mass is 9.79. The molecular formula is C22H21NO4. The van der Waals surface area contributed by atoms with Gasteiger partial charge in [0.1, 0.15) is 18.5 Å². The van der Waals surface area contributed by atoms with E-state index in [0.29, 0.717) is 6.61 Å². The molecule has 1 N–H and O–H groups in total. The van der Waals surface area contributed by atoms with Gasteiger partial charge in [0.25, 0.3) is 0 Å². The van der Waals surface area contributed by atoms with E-state index in [1.165, 1.54) is 0 Å². The van der Waals surface area contributed by atoms with Crippen LogP contribution in [0.25, 0.3) is 0 Å². The number of rotatable bonds is 5. The van der Waals surface area contributed by atoms with E-state index in [4.69, 9.17) is 9.47 Å². The Morgan fingerprint density at radius 3 is 2.63 bits per heavy atom. The predicted molar refractivity (Wildman–Crippen MR) is 98.9 cm³/mol. The van der Waals surface area contributed by atoms with E-state index < -0.39 is 0 Å². The number of carbonyl (C=O) groups excluding carboxylic acids is 2. The summed E-state index contributed by atoms with van der Waals surface area (Å²) in [5.74, 6) is 0.506. The molecule has 2 aromatic rings. The second-order valence-electron chi connectivity index (χ2n) is 7.71. The lowest BCUT2D eigenvalue weighted by Crippen LogP contribution is -2.35. The molecule has 1 saturated heterocycles. The average Bonchev–Trinajstić information content (AvgIpc) is 3.31. The summed E-state index contributed by atoms with van der Waals surface area (Å²) in [6.07, 6.45) is 1.82. The zero-order valence-electron chi connectivity index (χ0n) is 14.8. The molecule has 2 bridgehead atoms. The van der Waals surface area contributed by atoms with Crippen molar-refractivity contribution in [2.24, 2.45) is 23.7 Å². The van der Waals surface area contributed by atoms with Crippen molar-refractivity contribution < 1.29 is 19.1 Å². The molecule has 5 nitrogen and oxygen atoms in total. The van der Waals surface area contributed by atoms with Crippen LogP contribution in [0.3, 0.4) is 0 Å². The quantitative estimate of drug-likeness (QED) is 0.827. The van der Waals surface area contributed by atoms with Crippen molar-refractivity contribution in [3.05, 3.63) is 60.2 Å². The van der Waals surface area contributed by atoms with Crippen molar-refractivity contribution in [3.63, 3.8) is 0 Å². The summed E-state index contributed by atoms with van der Waals surface area (Å²) < 4.78 is 11.2. The number of hydrogen-bond donors (Lipinski definition) is 1. The highest BCUT2D eigenvalue weighted by molar-refractivity contribution is 5.97.